The Labute approximate surface area is 90.1 Å². The van der Waals surface area contributed by atoms with Gasteiger partial charge < -0.3 is 5.73 Å². The van der Waals surface area contributed by atoms with Crippen LogP contribution in [0.2, 0.25) is 0 Å². The number of nitrogens with two attached hydrogens (primary N) is 1. The smallest absolute Gasteiger partial charge is 0.0740 e. The van der Waals surface area contributed by atoms with E-state index in [-0.39, 0.29) is 0 Å². The zero-order valence-corrected chi connectivity index (χ0v) is 9.25. The van der Waals surface area contributed by atoms with E-state index in [0.717, 1.165) is 17.6 Å². The first kappa shape index (κ1) is 10.1. The maximum Gasteiger partial charge on any atom is 0.0740 e. The fourth-order valence-corrected chi connectivity index (χ4v) is 2.00. The molecule has 0 aliphatic carbocycles. The lowest BCUT2D eigenvalue weighted by atomic mass is 10.0. The summed E-state index contributed by atoms with van der Waals surface area (Å²) in [5, 5.41) is 1.24. The molecule has 0 amide bonds. The summed E-state index contributed by atoms with van der Waals surface area (Å²) in [5.41, 5.74) is 10.3. The second-order valence-electron chi connectivity index (χ2n) is 3.93. The molecule has 0 aliphatic rings. The van der Waals surface area contributed by atoms with Crippen LogP contribution in [0.3, 0.4) is 0 Å². The van der Waals surface area contributed by atoms with Crippen molar-refractivity contribution in [3.8, 4) is 0 Å². The summed E-state index contributed by atoms with van der Waals surface area (Å²) in [4.78, 5) is 4.60. The molecule has 1 heterocycles. The molecular formula is C13H16N2. The van der Waals surface area contributed by atoms with Gasteiger partial charge in [0.1, 0.15) is 0 Å². The summed E-state index contributed by atoms with van der Waals surface area (Å²) in [6, 6.07) is 8.43. The van der Waals surface area contributed by atoms with Gasteiger partial charge in [0.15, 0.2) is 0 Å². The quantitative estimate of drug-likeness (QED) is 0.808. The minimum absolute atomic E-state index is 0.674. The van der Waals surface area contributed by atoms with Crippen molar-refractivity contribution >= 4 is 10.9 Å². The topological polar surface area (TPSA) is 38.9 Å². The second kappa shape index (κ2) is 3.99. The molecule has 0 unspecified atom stereocenters. The van der Waals surface area contributed by atoms with Gasteiger partial charge in [-0.3, -0.25) is 4.98 Å². The number of aromatic nitrogens is 1. The van der Waals surface area contributed by atoms with Gasteiger partial charge in [0.2, 0.25) is 0 Å². The average molecular weight is 200 g/mol. The molecule has 0 atom stereocenters. The maximum absolute atomic E-state index is 5.60. The van der Waals surface area contributed by atoms with Crippen LogP contribution >= 0.6 is 0 Å². The Balaban J connectivity index is 2.73. The fraction of sp³-hybridized carbons (Fsp3) is 0.308. The van der Waals surface area contributed by atoms with Crippen LogP contribution in [0.4, 0.5) is 0 Å². The molecule has 0 radical (unpaired) electrons. The Bertz CT molecular complexity index is 489. The van der Waals surface area contributed by atoms with Gasteiger partial charge in [0.05, 0.1) is 5.52 Å². The van der Waals surface area contributed by atoms with E-state index in [0.29, 0.717) is 6.54 Å². The van der Waals surface area contributed by atoms with E-state index in [1.807, 2.05) is 6.92 Å². The summed E-state index contributed by atoms with van der Waals surface area (Å²) in [5.74, 6) is 0. The lowest BCUT2D eigenvalue weighted by Crippen LogP contribution is -2.04. The number of hydrogen-bond donors (Lipinski definition) is 1. The highest BCUT2D eigenvalue weighted by atomic mass is 14.7. The molecule has 1 aromatic heterocycles. The molecule has 0 bridgehead atoms. The van der Waals surface area contributed by atoms with E-state index in [1.165, 1.54) is 16.5 Å². The molecule has 78 valence electrons. The van der Waals surface area contributed by atoms with E-state index in [2.05, 4.69) is 36.2 Å². The summed E-state index contributed by atoms with van der Waals surface area (Å²) in [7, 11) is 0. The number of para-hydroxylation sites is 1. The molecule has 2 nitrogen and oxygen atoms in total. The molecule has 15 heavy (non-hydrogen) atoms. The van der Waals surface area contributed by atoms with Crippen molar-refractivity contribution in [3.05, 3.63) is 41.1 Å². The summed E-state index contributed by atoms with van der Waals surface area (Å²) in [6.07, 6.45) is 0.896. The van der Waals surface area contributed by atoms with E-state index in [4.69, 9.17) is 5.73 Å². The van der Waals surface area contributed by atoms with Crippen molar-refractivity contribution in [3.63, 3.8) is 0 Å². The van der Waals surface area contributed by atoms with Gasteiger partial charge in [-0.15, -0.1) is 0 Å². The summed E-state index contributed by atoms with van der Waals surface area (Å²) < 4.78 is 0. The monoisotopic (exact) mass is 200 g/mol. The number of fused-ring (bicyclic) bond motifs is 1. The van der Waals surface area contributed by atoms with Crippen LogP contribution in [0.5, 0.6) is 0 Å². The number of hydrogen-bond acceptors (Lipinski definition) is 2. The molecule has 0 spiro atoms. The van der Waals surface area contributed by atoms with Crippen molar-refractivity contribution in [1.82, 2.24) is 4.98 Å². The zero-order chi connectivity index (χ0) is 10.8. The van der Waals surface area contributed by atoms with Gasteiger partial charge in [-0.1, -0.05) is 18.2 Å². The minimum atomic E-state index is 0.674. The van der Waals surface area contributed by atoms with Crippen LogP contribution in [0.25, 0.3) is 10.9 Å². The normalized spacial score (nSPS) is 10.9. The number of rotatable bonds is 2. The number of nitrogens with zero attached hydrogens (tertiary/aromatic N) is 1. The van der Waals surface area contributed by atoms with Gasteiger partial charge in [-0.25, -0.2) is 0 Å². The Morgan fingerprint density at radius 2 is 2.07 bits per heavy atom. The van der Waals surface area contributed by atoms with Crippen LogP contribution in [0.1, 0.15) is 16.8 Å². The van der Waals surface area contributed by atoms with Crippen molar-refractivity contribution in [2.75, 3.05) is 6.54 Å². The molecule has 1 aromatic carbocycles. The second-order valence-corrected chi connectivity index (χ2v) is 3.93. The third-order valence-electron chi connectivity index (χ3n) is 2.67. The van der Waals surface area contributed by atoms with Crippen molar-refractivity contribution < 1.29 is 0 Å². The average Bonchev–Trinajstić information content (AvgIpc) is 2.19. The van der Waals surface area contributed by atoms with Gasteiger partial charge in [0.25, 0.3) is 0 Å². The van der Waals surface area contributed by atoms with Gasteiger partial charge in [-0.05, 0) is 44.0 Å². The highest BCUT2D eigenvalue weighted by Crippen LogP contribution is 2.21. The molecular weight excluding hydrogens is 184 g/mol. The lowest BCUT2D eigenvalue weighted by molar-refractivity contribution is 0.972. The van der Waals surface area contributed by atoms with Crippen LogP contribution in [-0.4, -0.2) is 11.5 Å². The maximum atomic E-state index is 5.60. The third kappa shape index (κ3) is 1.85. The first-order valence-electron chi connectivity index (χ1n) is 5.28. The van der Waals surface area contributed by atoms with E-state index in [9.17, 15) is 0 Å². The molecule has 0 saturated heterocycles. The molecule has 2 heteroatoms. The zero-order valence-electron chi connectivity index (χ0n) is 9.25. The summed E-state index contributed by atoms with van der Waals surface area (Å²) >= 11 is 0. The Morgan fingerprint density at radius 1 is 1.27 bits per heavy atom. The van der Waals surface area contributed by atoms with Crippen molar-refractivity contribution in [2.24, 2.45) is 5.73 Å². The Kier molecular flexibility index (Phi) is 2.69. The van der Waals surface area contributed by atoms with Gasteiger partial charge in [0, 0.05) is 11.1 Å². The lowest BCUT2D eigenvalue weighted by Gasteiger charge is -2.07. The number of benzene rings is 1. The van der Waals surface area contributed by atoms with E-state index < -0.39 is 0 Å². The highest BCUT2D eigenvalue weighted by molar-refractivity contribution is 5.85. The summed E-state index contributed by atoms with van der Waals surface area (Å²) in [6.45, 7) is 4.84. The van der Waals surface area contributed by atoms with Gasteiger partial charge in [-0.2, -0.15) is 0 Å². The van der Waals surface area contributed by atoms with Gasteiger partial charge >= 0.3 is 0 Å². The Morgan fingerprint density at radius 3 is 2.80 bits per heavy atom. The predicted octanol–water partition coefficient (Wildman–Crippen LogP) is 2.35. The first-order chi connectivity index (χ1) is 7.22. The molecule has 0 aliphatic heterocycles. The van der Waals surface area contributed by atoms with Crippen LogP contribution < -0.4 is 5.73 Å². The molecule has 0 saturated carbocycles. The molecule has 2 rings (SSSR count). The predicted molar refractivity (Wildman–Crippen MR) is 64.0 cm³/mol. The minimum Gasteiger partial charge on any atom is -0.330 e. The fourth-order valence-electron chi connectivity index (χ4n) is 2.00. The highest BCUT2D eigenvalue weighted by Gasteiger charge is 2.04. The van der Waals surface area contributed by atoms with Crippen molar-refractivity contribution in [1.29, 1.82) is 0 Å². The van der Waals surface area contributed by atoms with E-state index >= 15 is 0 Å². The van der Waals surface area contributed by atoms with Crippen LogP contribution in [0.15, 0.2) is 24.3 Å². The van der Waals surface area contributed by atoms with E-state index in [1.54, 1.807) is 0 Å². The van der Waals surface area contributed by atoms with Crippen LogP contribution in [0, 0.1) is 13.8 Å². The SMILES string of the molecule is Cc1cc(C)c2cccc(CCN)c2n1. The standard InChI is InChI=1S/C13H16N2/c1-9-8-10(2)15-13-11(6-7-14)4-3-5-12(9)13/h3-5,8H,6-7,14H2,1-2H3. The Hall–Kier alpha value is -1.41. The first-order valence-corrected chi connectivity index (χ1v) is 5.28. The molecule has 0 fully saturated rings. The van der Waals surface area contributed by atoms with Crippen molar-refractivity contribution in [2.45, 2.75) is 20.3 Å². The molecule has 2 N–H and O–H groups in total. The van der Waals surface area contributed by atoms with Crippen LogP contribution in [-0.2, 0) is 6.42 Å². The largest absolute Gasteiger partial charge is 0.330 e. The third-order valence-corrected chi connectivity index (χ3v) is 2.67. The molecule has 2 aromatic rings. The number of pyridine rings is 1. The number of aryl methyl sites for hydroxylation is 2.